The number of nitrogens with one attached hydrogen (secondary N) is 2. The smallest absolute Gasteiger partial charge is 0.213 e. The number of rotatable bonds is 6. The van der Waals surface area contributed by atoms with E-state index in [9.17, 15) is 0 Å². The number of halogens is 1. The van der Waals surface area contributed by atoms with E-state index in [-0.39, 0.29) is 0 Å². The van der Waals surface area contributed by atoms with E-state index in [0.29, 0.717) is 18.2 Å². The van der Waals surface area contributed by atoms with Crippen molar-refractivity contribution >= 4 is 33.5 Å². The first-order chi connectivity index (χ1) is 11.2. The van der Waals surface area contributed by atoms with Crippen LogP contribution in [0.2, 0.25) is 0 Å². The van der Waals surface area contributed by atoms with Crippen molar-refractivity contribution in [2.24, 2.45) is 0 Å². The van der Waals surface area contributed by atoms with Crippen molar-refractivity contribution in [3.05, 3.63) is 28.2 Å². The lowest BCUT2D eigenvalue weighted by atomic mass is 10.1. The van der Waals surface area contributed by atoms with Crippen LogP contribution in [0.25, 0.3) is 22.2 Å². The van der Waals surface area contributed by atoms with E-state index in [1.54, 1.807) is 19.5 Å². The highest BCUT2D eigenvalue weighted by Crippen LogP contribution is 2.32. The first kappa shape index (κ1) is 15.9. The van der Waals surface area contributed by atoms with Gasteiger partial charge in [-0.05, 0) is 35.7 Å². The van der Waals surface area contributed by atoms with Gasteiger partial charge in [0.25, 0.3) is 0 Å². The van der Waals surface area contributed by atoms with Gasteiger partial charge in [0.05, 0.1) is 30.7 Å². The number of H-pyrrole nitrogens is 1. The summed E-state index contributed by atoms with van der Waals surface area (Å²) in [6.07, 6.45) is 3.43. The number of ether oxygens (including phenoxy) is 2. The second-order valence-electron chi connectivity index (χ2n) is 4.80. The predicted octanol–water partition coefficient (Wildman–Crippen LogP) is 2.23. The summed E-state index contributed by atoms with van der Waals surface area (Å²) in [7, 11) is 3.47. The van der Waals surface area contributed by atoms with Crippen molar-refractivity contribution in [1.29, 1.82) is 0 Å². The first-order valence-corrected chi connectivity index (χ1v) is 8.12. The van der Waals surface area contributed by atoms with Crippen molar-refractivity contribution < 1.29 is 9.47 Å². The van der Waals surface area contributed by atoms with Gasteiger partial charge in [-0.2, -0.15) is 5.10 Å². The zero-order valence-corrected chi connectivity index (χ0v) is 14.9. The summed E-state index contributed by atoms with van der Waals surface area (Å²) in [4.78, 5) is 8.72. The summed E-state index contributed by atoms with van der Waals surface area (Å²) >= 11 is 2.19. The molecule has 0 aliphatic rings. The average molecular weight is 425 g/mol. The molecule has 0 saturated carbocycles. The minimum atomic E-state index is 0.518. The van der Waals surface area contributed by atoms with Crippen LogP contribution in [0, 0.1) is 3.70 Å². The third kappa shape index (κ3) is 3.37. The standard InChI is InChI=1S/C15H16IN5O2/c1-17-3-4-23-13-8-19-14(22-2)6-9(13)11-5-10-12(7-18-11)20-21-15(10)16/h5-8,17H,3-4H2,1-2H3,(H,20,21). The minimum absolute atomic E-state index is 0.518. The van der Waals surface area contributed by atoms with Crippen LogP contribution >= 0.6 is 22.6 Å². The molecule has 0 fully saturated rings. The molecule has 3 heterocycles. The van der Waals surface area contributed by atoms with Crippen molar-refractivity contribution in [2.45, 2.75) is 0 Å². The van der Waals surface area contributed by atoms with Gasteiger partial charge >= 0.3 is 0 Å². The average Bonchev–Trinajstić information content (AvgIpc) is 2.96. The molecule has 120 valence electrons. The molecule has 2 N–H and O–H groups in total. The Balaban J connectivity index is 2.04. The number of pyridine rings is 2. The van der Waals surface area contributed by atoms with E-state index >= 15 is 0 Å². The molecule has 0 unspecified atom stereocenters. The van der Waals surface area contributed by atoms with E-state index in [1.165, 1.54) is 0 Å². The molecule has 3 rings (SSSR count). The first-order valence-electron chi connectivity index (χ1n) is 7.04. The molecular formula is C15H16IN5O2. The largest absolute Gasteiger partial charge is 0.490 e. The second-order valence-corrected chi connectivity index (χ2v) is 5.83. The predicted molar refractivity (Wildman–Crippen MR) is 95.8 cm³/mol. The van der Waals surface area contributed by atoms with Crippen LogP contribution in [-0.2, 0) is 0 Å². The Kier molecular flexibility index (Phi) is 4.91. The zero-order chi connectivity index (χ0) is 16.2. The van der Waals surface area contributed by atoms with Crippen LogP contribution < -0.4 is 14.8 Å². The maximum atomic E-state index is 5.81. The molecule has 0 bridgehead atoms. The quantitative estimate of drug-likeness (QED) is 0.466. The van der Waals surface area contributed by atoms with Gasteiger partial charge < -0.3 is 14.8 Å². The van der Waals surface area contributed by atoms with Gasteiger partial charge in [-0.3, -0.25) is 10.1 Å². The molecule has 0 atom stereocenters. The summed E-state index contributed by atoms with van der Waals surface area (Å²) in [5.41, 5.74) is 2.53. The van der Waals surface area contributed by atoms with Crippen LogP contribution in [0.15, 0.2) is 24.5 Å². The van der Waals surface area contributed by atoms with Gasteiger partial charge in [0.15, 0.2) is 0 Å². The molecule has 0 radical (unpaired) electrons. The van der Waals surface area contributed by atoms with Crippen LogP contribution in [-0.4, -0.2) is 47.5 Å². The van der Waals surface area contributed by atoms with Crippen LogP contribution in [0.4, 0.5) is 0 Å². The molecule has 3 aromatic heterocycles. The summed E-state index contributed by atoms with van der Waals surface area (Å²) in [6, 6.07) is 3.82. The monoisotopic (exact) mass is 425 g/mol. The summed E-state index contributed by atoms with van der Waals surface area (Å²) < 4.78 is 11.9. The maximum absolute atomic E-state index is 5.81. The van der Waals surface area contributed by atoms with Gasteiger partial charge in [0.1, 0.15) is 16.1 Å². The molecule has 7 nitrogen and oxygen atoms in total. The fourth-order valence-electron chi connectivity index (χ4n) is 2.15. The Bertz CT molecular complexity index is 821. The molecular weight excluding hydrogens is 409 g/mol. The molecule has 23 heavy (non-hydrogen) atoms. The van der Waals surface area contributed by atoms with Crippen molar-refractivity contribution in [1.82, 2.24) is 25.5 Å². The number of likely N-dealkylation sites (N-methyl/N-ethyl adjacent to an activating group) is 1. The van der Waals surface area contributed by atoms with Crippen LogP contribution in [0.3, 0.4) is 0 Å². The third-order valence-electron chi connectivity index (χ3n) is 3.34. The molecule has 0 amide bonds. The van der Waals surface area contributed by atoms with E-state index < -0.39 is 0 Å². The topological polar surface area (TPSA) is 85.0 Å². The van der Waals surface area contributed by atoms with E-state index in [0.717, 1.165) is 32.4 Å². The molecule has 0 aromatic carbocycles. The SMILES string of the molecule is CNCCOc1cnc(OC)cc1-c1cc2c(I)n[nH]c2cn1. The van der Waals surface area contributed by atoms with E-state index in [4.69, 9.17) is 9.47 Å². The summed E-state index contributed by atoms with van der Waals surface area (Å²) in [5, 5.41) is 11.2. The highest BCUT2D eigenvalue weighted by Gasteiger charge is 2.13. The van der Waals surface area contributed by atoms with Crippen molar-refractivity contribution in [3.8, 4) is 22.9 Å². The number of aromatic amines is 1. The summed E-state index contributed by atoms with van der Waals surface area (Å²) in [6.45, 7) is 1.29. The number of aromatic nitrogens is 4. The fraction of sp³-hybridized carbons (Fsp3) is 0.267. The van der Waals surface area contributed by atoms with Gasteiger partial charge in [0.2, 0.25) is 5.88 Å². The second kappa shape index (κ2) is 7.09. The lowest BCUT2D eigenvalue weighted by Crippen LogP contribution is -2.16. The van der Waals surface area contributed by atoms with Crippen molar-refractivity contribution in [3.63, 3.8) is 0 Å². The molecule has 8 heteroatoms. The fourth-order valence-corrected chi connectivity index (χ4v) is 2.71. The van der Waals surface area contributed by atoms with Crippen LogP contribution in [0.1, 0.15) is 0 Å². The molecule has 0 aliphatic carbocycles. The highest BCUT2D eigenvalue weighted by molar-refractivity contribution is 14.1. The minimum Gasteiger partial charge on any atom is -0.490 e. The molecule has 3 aromatic rings. The Labute approximate surface area is 147 Å². The Hall–Kier alpha value is -1.94. The van der Waals surface area contributed by atoms with Crippen molar-refractivity contribution in [2.75, 3.05) is 27.3 Å². The van der Waals surface area contributed by atoms with Gasteiger partial charge in [-0.1, -0.05) is 0 Å². The summed E-state index contributed by atoms with van der Waals surface area (Å²) in [5.74, 6) is 1.19. The number of methoxy groups -OCH3 is 1. The molecule has 0 saturated heterocycles. The number of fused-ring (bicyclic) bond motifs is 1. The van der Waals surface area contributed by atoms with E-state index in [2.05, 4.69) is 48.1 Å². The Morgan fingerprint density at radius 1 is 1.26 bits per heavy atom. The van der Waals surface area contributed by atoms with E-state index in [1.807, 2.05) is 19.2 Å². The third-order valence-corrected chi connectivity index (χ3v) is 4.16. The number of hydrogen-bond donors (Lipinski definition) is 2. The normalized spacial score (nSPS) is 10.9. The highest BCUT2D eigenvalue weighted by atomic mass is 127. The molecule has 0 spiro atoms. The lowest BCUT2D eigenvalue weighted by Gasteiger charge is -2.12. The van der Waals surface area contributed by atoms with Crippen LogP contribution in [0.5, 0.6) is 11.6 Å². The Morgan fingerprint density at radius 3 is 2.91 bits per heavy atom. The van der Waals surface area contributed by atoms with Gasteiger partial charge in [-0.25, -0.2) is 4.98 Å². The molecule has 0 aliphatic heterocycles. The van der Waals surface area contributed by atoms with Gasteiger partial charge in [0, 0.05) is 23.6 Å². The number of hydrogen-bond acceptors (Lipinski definition) is 6. The maximum Gasteiger partial charge on any atom is 0.213 e. The number of nitrogens with zero attached hydrogens (tertiary/aromatic N) is 3. The lowest BCUT2D eigenvalue weighted by molar-refractivity contribution is 0.316. The van der Waals surface area contributed by atoms with Gasteiger partial charge in [-0.15, -0.1) is 0 Å². The zero-order valence-electron chi connectivity index (χ0n) is 12.8. The Morgan fingerprint density at radius 2 is 2.13 bits per heavy atom.